The summed E-state index contributed by atoms with van der Waals surface area (Å²) in [6.07, 6.45) is 19.9. The fourth-order valence-corrected chi connectivity index (χ4v) is 7.37. The van der Waals surface area contributed by atoms with Crippen molar-refractivity contribution < 1.29 is 28.7 Å². The van der Waals surface area contributed by atoms with Gasteiger partial charge in [0.25, 0.3) is 0 Å². The molecule has 6 nitrogen and oxygen atoms in total. The van der Waals surface area contributed by atoms with Crippen molar-refractivity contribution in [3.8, 4) is 0 Å². The second-order valence-electron chi connectivity index (χ2n) is 12.4. The van der Waals surface area contributed by atoms with Crippen LogP contribution in [-0.2, 0) is 28.7 Å². The van der Waals surface area contributed by atoms with Gasteiger partial charge in [0.2, 0.25) is 0 Å². The number of benzene rings is 1. The van der Waals surface area contributed by atoms with E-state index in [4.69, 9.17) is 9.47 Å². The second kappa shape index (κ2) is 14.9. The first-order valence-corrected chi connectivity index (χ1v) is 16.0. The standard InChI is InChI=1S/C34H48O6/c1-3-4-5-6-7-8-9-10-11-12-13-14-15-16-17-18-25-29(27-22-28(35)39-32(27)36)24-20-19-23(2)21-26(24)31-30(25)33(37)40-34(31)38/h19-21,25,27,29-31H,3-18,22H2,1-2H3. The van der Waals surface area contributed by atoms with E-state index >= 15 is 0 Å². The molecule has 5 atom stereocenters. The summed E-state index contributed by atoms with van der Waals surface area (Å²) in [7, 11) is 0. The summed E-state index contributed by atoms with van der Waals surface area (Å²) in [6.45, 7) is 4.21. The summed E-state index contributed by atoms with van der Waals surface area (Å²) in [5.41, 5.74) is 2.64. The maximum Gasteiger partial charge on any atom is 0.321 e. The number of carbonyl (C=O) groups excluding carboxylic acids is 4. The topological polar surface area (TPSA) is 86.7 Å². The number of fused-ring (bicyclic) bond motifs is 3. The molecule has 0 spiro atoms. The largest absolute Gasteiger partial charge is 0.393 e. The van der Waals surface area contributed by atoms with E-state index in [0.29, 0.717) is 0 Å². The Hall–Kier alpha value is -2.50. The lowest BCUT2D eigenvalue weighted by Crippen LogP contribution is -2.39. The van der Waals surface area contributed by atoms with Crippen LogP contribution in [0.5, 0.6) is 0 Å². The van der Waals surface area contributed by atoms with E-state index in [9.17, 15) is 19.2 Å². The van der Waals surface area contributed by atoms with Crippen LogP contribution >= 0.6 is 0 Å². The van der Waals surface area contributed by atoms with Crippen molar-refractivity contribution in [3.05, 3.63) is 34.9 Å². The molecule has 2 fully saturated rings. The van der Waals surface area contributed by atoms with Crippen LogP contribution < -0.4 is 0 Å². The average molecular weight is 553 g/mol. The number of aryl methyl sites for hydroxylation is 1. The third-order valence-corrected chi connectivity index (χ3v) is 9.42. The summed E-state index contributed by atoms with van der Waals surface area (Å²) in [4.78, 5) is 50.5. The maximum atomic E-state index is 13.0. The normalized spacial score (nSPS) is 25.6. The zero-order chi connectivity index (χ0) is 28.5. The van der Waals surface area contributed by atoms with Crippen LogP contribution in [0.1, 0.15) is 145 Å². The fourth-order valence-electron chi connectivity index (χ4n) is 7.37. The second-order valence-corrected chi connectivity index (χ2v) is 12.4. The monoisotopic (exact) mass is 552 g/mol. The van der Waals surface area contributed by atoms with Crippen molar-refractivity contribution in [1.29, 1.82) is 0 Å². The van der Waals surface area contributed by atoms with Gasteiger partial charge in [-0.25, -0.2) is 0 Å². The number of hydrogen-bond acceptors (Lipinski definition) is 6. The van der Waals surface area contributed by atoms with E-state index in [1.54, 1.807) is 0 Å². The van der Waals surface area contributed by atoms with Crippen LogP contribution in [0.15, 0.2) is 18.2 Å². The number of hydrogen-bond donors (Lipinski definition) is 0. The van der Waals surface area contributed by atoms with Gasteiger partial charge in [-0.05, 0) is 30.4 Å². The highest BCUT2D eigenvalue weighted by Crippen LogP contribution is 2.55. The van der Waals surface area contributed by atoms with Gasteiger partial charge in [0, 0.05) is 5.92 Å². The molecule has 2 aliphatic heterocycles. The molecular formula is C34H48O6. The first kappa shape index (κ1) is 30.5. The van der Waals surface area contributed by atoms with Gasteiger partial charge in [-0.15, -0.1) is 0 Å². The molecule has 2 saturated heterocycles. The Morgan fingerprint density at radius 3 is 1.77 bits per heavy atom. The molecule has 1 aliphatic carbocycles. The van der Waals surface area contributed by atoms with Gasteiger partial charge in [0.05, 0.1) is 24.2 Å². The Bertz CT molecular complexity index is 1040. The number of rotatable bonds is 17. The molecule has 5 unspecified atom stereocenters. The Labute approximate surface area is 240 Å². The molecule has 2 heterocycles. The van der Waals surface area contributed by atoms with Crippen LogP contribution in [0.4, 0.5) is 0 Å². The molecule has 1 aromatic rings. The van der Waals surface area contributed by atoms with Crippen molar-refractivity contribution >= 4 is 23.9 Å². The van der Waals surface area contributed by atoms with Crippen LogP contribution in [0.3, 0.4) is 0 Å². The van der Waals surface area contributed by atoms with Crippen LogP contribution in [0, 0.1) is 24.7 Å². The number of unbranched alkanes of at least 4 members (excludes halogenated alkanes) is 14. The SMILES string of the molecule is CCCCCCCCCCCCCCCCCC1C2C(=O)OC(=O)C2c2cc(C)ccc2C1C1CC(=O)OC1=O. The third-order valence-electron chi connectivity index (χ3n) is 9.42. The van der Waals surface area contributed by atoms with Gasteiger partial charge in [0.15, 0.2) is 0 Å². The summed E-state index contributed by atoms with van der Waals surface area (Å²) in [5, 5.41) is 0. The molecule has 0 amide bonds. The molecule has 0 N–H and O–H groups in total. The Morgan fingerprint density at radius 1 is 0.650 bits per heavy atom. The third kappa shape index (κ3) is 7.41. The molecule has 40 heavy (non-hydrogen) atoms. The van der Waals surface area contributed by atoms with Crippen LogP contribution in [-0.4, -0.2) is 23.9 Å². The zero-order valence-corrected chi connectivity index (χ0v) is 24.6. The minimum absolute atomic E-state index is 0.0204. The Kier molecular flexibility index (Phi) is 11.4. The summed E-state index contributed by atoms with van der Waals surface area (Å²) in [6, 6.07) is 5.88. The average Bonchev–Trinajstić information content (AvgIpc) is 3.42. The van der Waals surface area contributed by atoms with Crippen molar-refractivity contribution in [1.82, 2.24) is 0 Å². The smallest absolute Gasteiger partial charge is 0.321 e. The van der Waals surface area contributed by atoms with E-state index in [-0.39, 0.29) is 18.3 Å². The number of esters is 4. The van der Waals surface area contributed by atoms with E-state index in [1.807, 2.05) is 25.1 Å². The lowest BCUT2D eigenvalue weighted by atomic mass is 9.59. The maximum absolute atomic E-state index is 13.0. The predicted octanol–water partition coefficient (Wildman–Crippen LogP) is 7.84. The Morgan fingerprint density at radius 2 is 1.23 bits per heavy atom. The van der Waals surface area contributed by atoms with Gasteiger partial charge in [-0.2, -0.15) is 0 Å². The fraction of sp³-hybridized carbons (Fsp3) is 0.706. The molecule has 3 aliphatic rings. The first-order chi connectivity index (χ1) is 19.4. The summed E-state index contributed by atoms with van der Waals surface area (Å²) in [5.74, 6) is -4.44. The first-order valence-electron chi connectivity index (χ1n) is 16.0. The summed E-state index contributed by atoms with van der Waals surface area (Å²) >= 11 is 0. The number of cyclic esters (lactones) is 4. The van der Waals surface area contributed by atoms with E-state index in [1.165, 1.54) is 77.0 Å². The molecule has 6 heteroatoms. The van der Waals surface area contributed by atoms with Crippen LogP contribution in [0.2, 0.25) is 0 Å². The van der Waals surface area contributed by atoms with E-state index in [0.717, 1.165) is 42.4 Å². The van der Waals surface area contributed by atoms with Gasteiger partial charge in [0.1, 0.15) is 0 Å². The highest BCUT2D eigenvalue weighted by Gasteiger charge is 2.58. The van der Waals surface area contributed by atoms with Gasteiger partial charge in [-0.1, -0.05) is 127 Å². The molecule has 0 radical (unpaired) electrons. The molecule has 220 valence electrons. The zero-order valence-electron chi connectivity index (χ0n) is 24.6. The lowest BCUT2D eigenvalue weighted by Gasteiger charge is -2.40. The highest BCUT2D eigenvalue weighted by molar-refractivity contribution is 6.01. The molecule has 1 aromatic carbocycles. The molecule has 4 rings (SSSR count). The minimum Gasteiger partial charge on any atom is -0.393 e. The van der Waals surface area contributed by atoms with Crippen molar-refractivity contribution in [2.75, 3.05) is 0 Å². The van der Waals surface area contributed by atoms with Gasteiger partial charge in [-0.3, -0.25) is 19.2 Å². The molecular weight excluding hydrogens is 504 g/mol. The minimum atomic E-state index is -0.631. The number of ether oxygens (including phenoxy) is 2. The molecule has 0 saturated carbocycles. The number of carbonyl (C=O) groups is 4. The molecule has 0 bridgehead atoms. The van der Waals surface area contributed by atoms with Crippen molar-refractivity contribution in [2.45, 2.75) is 135 Å². The predicted molar refractivity (Wildman–Crippen MR) is 153 cm³/mol. The van der Waals surface area contributed by atoms with Crippen molar-refractivity contribution in [2.24, 2.45) is 17.8 Å². The quantitative estimate of drug-likeness (QED) is 0.111. The van der Waals surface area contributed by atoms with Crippen LogP contribution in [0.25, 0.3) is 0 Å². The Balaban J connectivity index is 1.27. The van der Waals surface area contributed by atoms with Gasteiger partial charge < -0.3 is 9.47 Å². The van der Waals surface area contributed by atoms with Gasteiger partial charge >= 0.3 is 23.9 Å². The lowest BCUT2D eigenvalue weighted by molar-refractivity contribution is -0.156. The molecule has 0 aromatic heterocycles. The highest BCUT2D eigenvalue weighted by atomic mass is 16.6. The van der Waals surface area contributed by atoms with Crippen molar-refractivity contribution in [3.63, 3.8) is 0 Å². The summed E-state index contributed by atoms with van der Waals surface area (Å²) < 4.78 is 10.1. The van der Waals surface area contributed by atoms with E-state index in [2.05, 4.69) is 6.92 Å². The van der Waals surface area contributed by atoms with E-state index < -0.39 is 41.6 Å².